The third kappa shape index (κ3) is 6.05. The highest BCUT2D eigenvalue weighted by molar-refractivity contribution is 6.34. The summed E-state index contributed by atoms with van der Waals surface area (Å²) in [5.41, 5.74) is 1.27. The number of anilines is 2. The Balaban J connectivity index is 1.22. The molecule has 1 fully saturated rings. The van der Waals surface area contributed by atoms with Crippen LogP contribution < -0.4 is 25.4 Å². The Hall–Kier alpha value is -2.97. The van der Waals surface area contributed by atoms with Gasteiger partial charge in [0, 0.05) is 43.4 Å². The minimum Gasteiger partial charge on any atom is -0.490 e. The molecule has 0 unspecified atom stereocenters. The van der Waals surface area contributed by atoms with Crippen molar-refractivity contribution in [1.29, 1.82) is 0 Å². The monoisotopic (exact) mass is 458 g/mol. The van der Waals surface area contributed by atoms with E-state index < -0.39 is 0 Å². The predicted octanol–water partition coefficient (Wildman–Crippen LogP) is 3.73. The molecule has 0 bridgehead atoms. The lowest BCUT2D eigenvalue weighted by Crippen LogP contribution is -2.47. The smallest absolute Gasteiger partial charge is 0.319 e. The molecule has 1 saturated heterocycles. The highest BCUT2D eigenvalue weighted by Crippen LogP contribution is 2.37. The van der Waals surface area contributed by atoms with E-state index in [-0.39, 0.29) is 24.5 Å². The number of likely N-dealkylation sites (tertiary alicyclic amines) is 1. The molecule has 2 aromatic carbocycles. The predicted molar refractivity (Wildman–Crippen MR) is 124 cm³/mol. The van der Waals surface area contributed by atoms with Crippen LogP contribution in [0.2, 0.25) is 5.02 Å². The number of hydrogen-bond donors (Lipinski definition) is 3. The standard InChI is InChI=1S/C23H27ClN4O4/c24-18-13-20-21(32-12-4-11-31-20)14-19(18)27-22(29)15-28-9-7-17(8-10-28)26-23(30)25-16-5-2-1-3-6-16/h1-3,5-6,13-14,17H,4,7-12,15H2,(H,27,29)(H2,25,26,30). The number of hydrogen-bond acceptors (Lipinski definition) is 5. The van der Waals surface area contributed by atoms with Gasteiger partial charge in [-0.2, -0.15) is 0 Å². The summed E-state index contributed by atoms with van der Waals surface area (Å²) in [5.74, 6) is 1.04. The number of carbonyl (C=O) groups excluding carboxylic acids is 2. The quantitative estimate of drug-likeness (QED) is 0.635. The van der Waals surface area contributed by atoms with Crippen molar-refractivity contribution in [2.24, 2.45) is 0 Å². The number of benzene rings is 2. The summed E-state index contributed by atoms with van der Waals surface area (Å²) in [6.45, 7) is 2.84. The van der Waals surface area contributed by atoms with Crippen LogP contribution in [-0.4, -0.2) is 55.7 Å². The number of piperidine rings is 1. The van der Waals surface area contributed by atoms with E-state index >= 15 is 0 Å². The van der Waals surface area contributed by atoms with Crippen molar-refractivity contribution < 1.29 is 19.1 Å². The van der Waals surface area contributed by atoms with Gasteiger partial charge in [0.15, 0.2) is 11.5 Å². The molecule has 9 heteroatoms. The molecular formula is C23H27ClN4O4. The van der Waals surface area contributed by atoms with Crippen LogP contribution in [0.25, 0.3) is 0 Å². The first-order valence-corrected chi connectivity index (χ1v) is 11.2. The molecule has 32 heavy (non-hydrogen) atoms. The Morgan fingerprint density at radius 3 is 2.41 bits per heavy atom. The normalized spacial score (nSPS) is 16.7. The Bertz CT molecular complexity index is 949. The van der Waals surface area contributed by atoms with Crippen molar-refractivity contribution >= 4 is 34.9 Å². The molecule has 2 aliphatic rings. The van der Waals surface area contributed by atoms with Crippen LogP contribution in [0.15, 0.2) is 42.5 Å². The zero-order chi connectivity index (χ0) is 22.3. The molecule has 2 aliphatic heterocycles. The lowest BCUT2D eigenvalue weighted by molar-refractivity contribution is -0.117. The van der Waals surface area contributed by atoms with E-state index in [1.165, 1.54) is 0 Å². The maximum atomic E-state index is 12.6. The summed E-state index contributed by atoms with van der Waals surface area (Å²) in [4.78, 5) is 26.8. The number of amides is 3. The van der Waals surface area contributed by atoms with Gasteiger partial charge in [0.2, 0.25) is 5.91 Å². The molecule has 2 heterocycles. The van der Waals surface area contributed by atoms with Crippen LogP contribution in [-0.2, 0) is 4.79 Å². The number of nitrogens with one attached hydrogen (secondary N) is 3. The third-order valence-corrected chi connectivity index (χ3v) is 5.75. The number of para-hydroxylation sites is 1. The molecule has 0 saturated carbocycles. The average Bonchev–Trinajstić information content (AvgIpc) is 3.01. The van der Waals surface area contributed by atoms with Gasteiger partial charge >= 0.3 is 6.03 Å². The number of fused-ring (bicyclic) bond motifs is 1. The summed E-state index contributed by atoms with van der Waals surface area (Å²) < 4.78 is 11.3. The second-order valence-corrected chi connectivity index (χ2v) is 8.30. The maximum Gasteiger partial charge on any atom is 0.319 e. The van der Waals surface area contributed by atoms with E-state index in [4.69, 9.17) is 21.1 Å². The van der Waals surface area contributed by atoms with Crippen LogP contribution in [0, 0.1) is 0 Å². The molecule has 0 atom stereocenters. The number of nitrogens with zero attached hydrogens (tertiary/aromatic N) is 1. The number of halogens is 1. The van der Waals surface area contributed by atoms with Gasteiger partial charge < -0.3 is 25.4 Å². The summed E-state index contributed by atoms with van der Waals surface area (Å²) in [5, 5.41) is 9.12. The fraction of sp³-hybridized carbons (Fsp3) is 0.391. The first-order chi connectivity index (χ1) is 15.6. The highest BCUT2D eigenvalue weighted by Gasteiger charge is 2.23. The fourth-order valence-electron chi connectivity index (χ4n) is 3.78. The molecular weight excluding hydrogens is 432 g/mol. The summed E-state index contributed by atoms with van der Waals surface area (Å²) in [7, 11) is 0. The molecule has 3 N–H and O–H groups in total. The van der Waals surface area contributed by atoms with Crippen LogP contribution >= 0.6 is 11.6 Å². The summed E-state index contributed by atoms with van der Waals surface area (Å²) in [6, 6.07) is 12.6. The molecule has 2 aromatic rings. The van der Waals surface area contributed by atoms with Gasteiger partial charge in [0.25, 0.3) is 0 Å². The van der Waals surface area contributed by atoms with E-state index in [2.05, 4.69) is 20.9 Å². The van der Waals surface area contributed by atoms with Crippen molar-refractivity contribution in [2.75, 3.05) is 43.5 Å². The minimum atomic E-state index is -0.212. The van der Waals surface area contributed by atoms with E-state index in [1.54, 1.807) is 12.1 Å². The number of carbonyl (C=O) groups is 2. The van der Waals surface area contributed by atoms with Gasteiger partial charge in [0.05, 0.1) is 30.5 Å². The second kappa shape index (κ2) is 10.6. The van der Waals surface area contributed by atoms with Crippen LogP contribution in [0.4, 0.5) is 16.2 Å². The molecule has 4 rings (SSSR count). The molecule has 0 radical (unpaired) electrons. The molecule has 0 aromatic heterocycles. The Morgan fingerprint density at radius 1 is 1.00 bits per heavy atom. The van der Waals surface area contributed by atoms with Crippen LogP contribution in [0.3, 0.4) is 0 Å². The van der Waals surface area contributed by atoms with Gasteiger partial charge in [-0.15, -0.1) is 0 Å². The van der Waals surface area contributed by atoms with Gasteiger partial charge in [-0.25, -0.2) is 4.79 Å². The topological polar surface area (TPSA) is 91.9 Å². The van der Waals surface area contributed by atoms with Gasteiger partial charge in [-0.1, -0.05) is 29.8 Å². The van der Waals surface area contributed by atoms with Crippen LogP contribution in [0.5, 0.6) is 11.5 Å². The fourth-order valence-corrected chi connectivity index (χ4v) is 3.98. The average molecular weight is 459 g/mol. The van der Waals surface area contributed by atoms with Gasteiger partial charge in [-0.05, 0) is 25.0 Å². The third-order valence-electron chi connectivity index (χ3n) is 5.43. The largest absolute Gasteiger partial charge is 0.490 e. The molecule has 0 aliphatic carbocycles. The maximum absolute atomic E-state index is 12.6. The second-order valence-electron chi connectivity index (χ2n) is 7.89. The Kier molecular flexibility index (Phi) is 7.34. The lowest BCUT2D eigenvalue weighted by atomic mass is 10.1. The van der Waals surface area contributed by atoms with Gasteiger partial charge in [-0.3, -0.25) is 9.69 Å². The van der Waals surface area contributed by atoms with E-state index in [0.29, 0.717) is 35.4 Å². The molecule has 0 spiro atoms. The number of rotatable bonds is 5. The molecule has 170 valence electrons. The number of urea groups is 1. The summed E-state index contributed by atoms with van der Waals surface area (Å²) >= 11 is 6.32. The van der Waals surface area contributed by atoms with Gasteiger partial charge in [0.1, 0.15) is 0 Å². The van der Waals surface area contributed by atoms with E-state index in [0.717, 1.165) is 38.0 Å². The SMILES string of the molecule is O=C(CN1CCC(NC(=O)Nc2ccccc2)CC1)Nc1cc2c(cc1Cl)OCCCO2. The van der Waals surface area contributed by atoms with Crippen molar-refractivity contribution in [1.82, 2.24) is 10.2 Å². The van der Waals surface area contributed by atoms with Crippen LogP contribution in [0.1, 0.15) is 19.3 Å². The highest BCUT2D eigenvalue weighted by atomic mass is 35.5. The molecule has 8 nitrogen and oxygen atoms in total. The van der Waals surface area contributed by atoms with Crippen molar-refractivity contribution in [3.05, 3.63) is 47.5 Å². The van der Waals surface area contributed by atoms with Crippen molar-refractivity contribution in [3.8, 4) is 11.5 Å². The van der Waals surface area contributed by atoms with E-state index in [1.807, 2.05) is 30.3 Å². The van der Waals surface area contributed by atoms with Crippen molar-refractivity contribution in [2.45, 2.75) is 25.3 Å². The first-order valence-electron chi connectivity index (χ1n) is 10.8. The molecule has 3 amide bonds. The number of ether oxygens (including phenoxy) is 2. The zero-order valence-electron chi connectivity index (χ0n) is 17.7. The van der Waals surface area contributed by atoms with E-state index in [9.17, 15) is 9.59 Å². The zero-order valence-corrected chi connectivity index (χ0v) is 18.5. The lowest BCUT2D eigenvalue weighted by Gasteiger charge is -2.31. The minimum absolute atomic E-state index is 0.0780. The Labute approximate surface area is 192 Å². The van der Waals surface area contributed by atoms with Crippen molar-refractivity contribution in [3.63, 3.8) is 0 Å². The first kappa shape index (κ1) is 22.2. The summed E-state index contributed by atoms with van der Waals surface area (Å²) in [6.07, 6.45) is 2.35. The Morgan fingerprint density at radius 2 is 1.69 bits per heavy atom.